The molecule has 3 rings (SSSR count). The zero-order valence-electron chi connectivity index (χ0n) is 17.4. The summed E-state index contributed by atoms with van der Waals surface area (Å²) >= 11 is 18.9. The van der Waals surface area contributed by atoms with Crippen molar-refractivity contribution in [2.75, 3.05) is 5.32 Å². The Labute approximate surface area is 202 Å². The van der Waals surface area contributed by atoms with Crippen molar-refractivity contribution in [3.63, 3.8) is 0 Å². The van der Waals surface area contributed by atoms with Gasteiger partial charge in [0, 0.05) is 16.3 Å². The van der Waals surface area contributed by atoms with Crippen LogP contribution in [0.2, 0.25) is 15.1 Å². The van der Waals surface area contributed by atoms with E-state index in [1.807, 2.05) is 50.2 Å². The second-order valence-corrected chi connectivity index (χ2v) is 8.29. The molecule has 3 aromatic carbocycles. The Morgan fingerprint density at radius 2 is 1.72 bits per heavy atom. The molecule has 1 N–H and O–H groups in total. The van der Waals surface area contributed by atoms with E-state index in [1.165, 1.54) is 6.08 Å². The predicted octanol–water partition coefficient (Wildman–Crippen LogP) is 7.39. The van der Waals surface area contributed by atoms with Gasteiger partial charge in [0.05, 0.1) is 10.0 Å². The van der Waals surface area contributed by atoms with Gasteiger partial charge in [-0.15, -0.1) is 0 Å². The Kier molecular flexibility index (Phi) is 7.82. The van der Waals surface area contributed by atoms with Gasteiger partial charge >= 0.3 is 0 Å². The molecular formula is C25H19Cl3N2O2. The summed E-state index contributed by atoms with van der Waals surface area (Å²) in [5.74, 6) is -0.226. The first-order valence-corrected chi connectivity index (χ1v) is 10.8. The van der Waals surface area contributed by atoms with Crippen LogP contribution in [0, 0.1) is 25.2 Å². The van der Waals surface area contributed by atoms with Crippen molar-refractivity contribution in [2.45, 2.75) is 20.5 Å². The average Bonchev–Trinajstić information content (AvgIpc) is 2.75. The Balaban J connectivity index is 1.80. The number of nitrogens with zero attached hydrogens (tertiary/aromatic N) is 1. The summed E-state index contributed by atoms with van der Waals surface area (Å²) in [5, 5.41) is 13.4. The van der Waals surface area contributed by atoms with Crippen molar-refractivity contribution in [2.24, 2.45) is 0 Å². The molecule has 0 aliphatic heterocycles. The van der Waals surface area contributed by atoms with Crippen LogP contribution >= 0.6 is 34.8 Å². The lowest BCUT2D eigenvalue weighted by Gasteiger charge is -2.12. The monoisotopic (exact) mass is 484 g/mol. The minimum absolute atomic E-state index is 0.0808. The van der Waals surface area contributed by atoms with Gasteiger partial charge in [0.25, 0.3) is 5.91 Å². The van der Waals surface area contributed by atoms with Crippen molar-refractivity contribution in [1.29, 1.82) is 5.26 Å². The first-order valence-electron chi connectivity index (χ1n) is 9.64. The largest absolute Gasteiger partial charge is 0.486 e. The zero-order valence-corrected chi connectivity index (χ0v) is 19.6. The molecule has 4 nitrogen and oxygen atoms in total. The summed E-state index contributed by atoms with van der Waals surface area (Å²) in [7, 11) is 0. The van der Waals surface area contributed by atoms with Gasteiger partial charge < -0.3 is 10.1 Å². The van der Waals surface area contributed by atoms with E-state index in [4.69, 9.17) is 39.5 Å². The lowest BCUT2D eigenvalue weighted by Crippen LogP contribution is -2.14. The second kappa shape index (κ2) is 10.6. The zero-order chi connectivity index (χ0) is 23.3. The van der Waals surface area contributed by atoms with Crippen molar-refractivity contribution in [3.05, 3.63) is 97.5 Å². The number of anilines is 1. The standard InChI is InChI=1S/C25H19Cl3N2O2/c1-15-6-5-9-23(16(15)2)30-25(31)19(13-29)10-17-11-21(27)24(22(28)12-17)32-14-18-7-3-4-8-20(18)26/h3-12H,14H2,1-2H3,(H,30,31)/b19-10+. The van der Waals surface area contributed by atoms with Gasteiger partial charge in [-0.1, -0.05) is 65.1 Å². The highest BCUT2D eigenvalue weighted by atomic mass is 35.5. The summed E-state index contributed by atoms with van der Waals surface area (Å²) in [6.07, 6.45) is 1.43. The fraction of sp³-hybridized carbons (Fsp3) is 0.120. The predicted molar refractivity (Wildman–Crippen MR) is 130 cm³/mol. The fourth-order valence-corrected chi connectivity index (χ4v) is 3.76. The number of nitriles is 1. The molecule has 0 spiro atoms. The molecule has 0 aliphatic carbocycles. The van der Waals surface area contributed by atoms with Crippen molar-refractivity contribution < 1.29 is 9.53 Å². The first-order chi connectivity index (χ1) is 15.3. The summed E-state index contributed by atoms with van der Waals surface area (Å²) in [5.41, 5.74) is 3.83. The van der Waals surface area contributed by atoms with E-state index >= 15 is 0 Å². The van der Waals surface area contributed by atoms with Crippen LogP contribution in [0.4, 0.5) is 5.69 Å². The Morgan fingerprint density at radius 1 is 1.03 bits per heavy atom. The van der Waals surface area contributed by atoms with E-state index in [9.17, 15) is 10.1 Å². The number of rotatable bonds is 6. The van der Waals surface area contributed by atoms with Gasteiger partial charge in [-0.2, -0.15) is 5.26 Å². The minimum Gasteiger partial charge on any atom is -0.486 e. The van der Waals surface area contributed by atoms with Crippen molar-refractivity contribution >= 4 is 52.5 Å². The first kappa shape index (κ1) is 23.7. The molecule has 0 radical (unpaired) electrons. The number of halogens is 3. The third-order valence-corrected chi connectivity index (χ3v) is 5.81. The number of hydrogen-bond acceptors (Lipinski definition) is 3. The topological polar surface area (TPSA) is 62.1 Å². The van der Waals surface area contributed by atoms with Crippen LogP contribution in [0.25, 0.3) is 6.08 Å². The molecule has 7 heteroatoms. The molecule has 1 amide bonds. The van der Waals surface area contributed by atoms with Gasteiger partial charge in [-0.05, 0) is 60.9 Å². The molecule has 3 aromatic rings. The quantitative estimate of drug-likeness (QED) is 0.292. The van der Waals surface area contributed by atoms with E-state index in [-0.39, 0.29) is 22.2 Å². The van der Waals surface area contributed by atoms with Crippen LogP contribution in [0.1, 0.15) is 22.3 Å². The summed E-state index contributed by atoms with van der Waals surface area (Å²) in [4.78, 5) is 12.6. The van der Waals surface area contributed by atoms with Crippen LogP contribution < -0.4 is 10.1 Å². The van der Waals surface area contributed by atoms with Crippen molar-refractivity contribution in [1.82, 2.24) is 0 Å². The van der Waals surface area contributed by atoms with E-state index in [2.05, 4.69) is 5.32 Å². The van der Waals surface area contributed by atoms with Crippen LogP contribution in [-0.4, -0.2) is 5.91 Å². The number of carbonyl (C=O) groups excluding carboxylic acids is 1. The fourth-order valence-electron chi connectivity index (χ4n) is 2.96. The molecule has 0 aliphatic rings. The minimum atomic E-state index is -0.521. The molecule has 32 heavy (non-hydrogen) atoms. The summed E-state index contributed by atoms with van der Waals surface area (Å²) in [6.45, 7) is 4.04. The lowest BCUT2D eigenvalue weighted by atomic mass is 10.1. The molecule has 0 fully saturated rings. The SMILES string of the molecule is Cc1cccc(NC(=O)/C(C#N)=C/c2cc(Cl)c(OCc3ccccc3Cl)c(Cl)c2)c1C. The van der Waals surface area contributed by atoms with E-state index in [0.717, 1.165) is 16.7 Å². The Morgan fingerprint density at radius 3 is 2.38 bits per heavy atom. The molecule has 0 saturated heterocycles. The maximum Gasteiger partial charge on any atom is 0.266 e. The second-order valence-electron chi connectivity index (χ2n) is 7.07. The smallest absolute Gasteiger partial charge is 0.266 e. The van der Waals surface area contributed by atoms with Gasteiger partial charge in [-0.3, -0.25) is 4.79 Å². The van der Waals surface area contributed by atoms with E-state index < -0.39 is 5.91 Å². The normalized spacial score (nSPS) is 11.1. The number of aryl methyl sites for hydroxylation is 1. The molecule has 0 aromatic heterocycles. The highest BCUT2D eigenvalue weighted by molar-refractivity contribution is 6.37. The van der Waals surface area contributed by atoms with Crippen LogP contribution in [0.3, 0.4) is 0 Å². The number of amides is 1. The Bertz CT molecular complexity index is 1220. The molecule has 162 valence electrons. The lowest BCUT2D eigenvalue weighted by molar-refractivity contribution is -0.112. The third-order valence-electron chi connectivity index (χ3n) is 4.88. The van der Waals surface area contributed by atoms with Gasteiger partial charge in [0.2, 0.25) is 0 Å². The van der Waals surface area contributed by atoms with Gasteiger partial charge in [0.15, 0.2) is 5.75 Å². The van der Waals surface area contributed by atoms with Crippen molar-refractivity contribution in [3.8, 4) is 11.8 Å². The summed E-state index contributed by atoms with van der Waals surface area (Å²) in [6, 6.07) is 18.0. The van der Waals surface area contributed by atoms with Gasteiger partial charge in [-0.25, -0.2) is 0 Å². The van der Waals surface area contributed by atoms with E-state index in [1.54, 1.807) is 24.3 Å². The molecule has 0 atom stereocenters. The molecule has 0 saturated carbocycles. The maximum atomic E-state index is 12.6. The van der Waals surface area contributed by atoms with Crippen LogP contribution in [0.15, 0.2) is 60.2 Å². The maximum absolute atomic E-state index is 12.6. The number of nitrogens with one attached hydrogen (secondary N) is 1. The average molecular weight is 486 g/mol. The third kappa shape index (κ3) is 5.63. The Hall–Kier alpha value is -2.97. The number of benzene rings is 3. The van der Waals surface area contributed by atoms with Crippen LogP contribution in [0.5, 0.6) is 5.75 Å². The number of carbonyl (C=O) groups is 1. The van der Waals surface area contributed by atoms with E-state index in [0.29, 0.717) is 22.0 Å². The molecular weight excluding hydrogens is 467 g/mol. The molecule has 0 heterocycles. The highest BCUT2D eigenvalue weighted by Gasteiger charge is 2.14. The highest BCUT2D eigenvalue weighted by Crippen LogP contribution is 2.36. The summed E-state index contributed by atoms with van der Waals surface area (Å²) < 4.78 is 5.76. The molecule has 0 unspecified atom stereocenters. The number of ether oxygens (including phenoxy) is 1. The molecule has 0 bridgehead atoms. The van der Waals surface area contributed by atoms with Crippen LogP contribution in [-0.2, 0) is 11.4 Å². The van der Waals surface area contributed by atoms with Gasteiger partial charge in [0.1, 0.15) is 18.2 Å². The number of hydrogen-bond donors (Lipinski definition) is 1.